The summed E-state index contributed by atoms with van der Waals surface area (Å²) in [4.78, 5) is 10.3. The zero-order chi connectivity index (χ0) is 17.2. The van der Waals surface area contributed by atoms with Crippen LogP contribution in [0.4, 0.5) is 0 Å². The van der Waals surface area contributed by atoms with Gasteiger partial charge in [0.25, 0.3) is 0 Å². The van der Waals surface area contributed by atoms with Crippen LogP contribution in [0, 0.1) is 0 Å². The largest absolute Gasteiger partial charge is 0.481 e. The molecule has 0 aromatic carbocycles. The van der Waals surface area contributed by atoms with E-state index in [-0.39, 0.29) is 12.5 Å². The van der Waals surface area contributed by atoms with E-state index >= 15 is 0 Å². The monoisotopic (exact) mass is 322 g/mol. The fourth-order valence-corrected chi connectivity index (χ4v) is 2.20. The third-order valence-electron chi connectivity index (χ3n) is 3.60. The number of hydrogen-bond acceptors (Lipinski definition) is 2. The van der Waals surface area contributed by atoms with Crippen molar-refractivity contribution in [2.24, 2.45) is 0 Å². The molecule has 0 aliphatic carbocycles. The molecule has 0 fully saturated rings. The van der Waals surface area contributed by atoms with Gasteiger partial charge < -0.3 is 10.2 Å². The van der Waals surface area contributed by atoms with Gasteiger partial charge in [0.15, 0.2) is 0 Å². The van der Waals surface area contributed by atoms with Crippen LogP contribution in [0.2, 0.25) is 0 Å². The summed E-state index contributed by atoms with van der Waals surface area (Å²) in [6, 6.07) is 0. The van der Waals surface area contributed by atoms with E-state index in [1.165, 1.54) is 19.3 Å². The van der Waals surface area contributed by atoms with Crippen LogP contribution < -0.4 is 0 Å². The second-order valence-corrected chi connectivity index (χ2v) is 5.92. The molecule has 0 spiro atoms. The number of unbranched alkanes of at least 4 members (excludes halogenated alkanes) is 6. The molecule has 3 heteroatoms. The standard InChI is InChI=1S/C20H34O3/c1-2-3-4-5-7-10-13-16-19(21)17-14-11-8-6-9-12-15-18-20(22)23/h6-7,9-10,13,16,19,21H,2-5,8,11-12,14-15,17-18H2,1H3,(H,22,23). The molecule has 0 amide bonds. The van der Waals surface area contributed by atoms with Crippen LogP contribution in [-0.2, 0) is 4.79 Å². The molecule has 0 radical (unpaired) electrons. The third kappa shape index (κ3) is 18.6. The summed E-state index contributed by atoms with van der Waals surface area (Å²) >= 11 is 0. The number of carboxylic acids is 1. The first-order valence-electron chi connectivity index (χ1n) is 9.05. The smallest absolute Gasteiger partial charge is 0.303 e. The SMILES string of the molecule is CCCCCC=CC=CC(O)CCCCC=CCCCC(=O)O. The van der Waals surface area contributed by atoms with E-state index < -0.39 is 5.97 Å². The molecule has 2 N–H and O–H groups in total. The summed E-state index contributed by atoms with van der Waals surface area (Å²) < 4.78 is 0. The van der Waals surface area contributed by atoms with Gasteiger partial charge in [-0.2, -0.15) is 0 Å². The molecule has 1 unspecified atom stereocenters. The third-order valence-corrected chi connectivity index (χ3v) is 3.60. The highest BCUT2D eigenvalue weighted by Crippen LogP contribution is 2.07. The Morgan fingerprint density at radius 1 is 0.913 bits per heavy atom. The summed E-state index contributed by atoms with van der Waals surface area (Å²) in [6.45, 7) is 2.20. The molecule has 0 aliphatic rings. The number of aliphatic carboxylic acids is 1. The van der Waals surface area contributed by atoms with E-state index in [9.17, 15) is 9.90 Å². The first kappa shape index (κ1) is 21.6. The lowest BCUT2D eigenvalue weighted by molar-refractivity contribution is -0.137. The lowest BCUT2D eigenvalue weighted by Gasteiger charge is -2.03. The van der Waals surface area contributed by atoms with E-state index in [1.807, 2.05) is 18.2 Å². The van der Waals surface area contributed by atoms with Crippen LogP contribution in [0.15, 0.2) is 36.5 Å². The van der Waals surface area contributed by atoms with Crippen molar-refractivity contribution in [1.82, 2.24) is 0 Å². The lowest BCUT2D eigenvalue weighted by Crippen LogP contribution is -2.00. The average molecular weight is 322 g/mol. The Hall–Kier alpha value is -1.35. The number of carboxylic acid groups (broad SMARTS) is 1. The Labute approximate surface area is 141 Å². The first-order valence-corrected chi connectivity index (χ1v) is 9.05. The van der Waals surface area contributed by atoms with Crippen LogP contribution >= 0.6 is 0 Å². The fraction of sp³-hybridized carbons (Fsp3) is 0.650. The number of hydrogen-bond donors (Lipinski definition) is 2. The Morgan fingerprint density at radius 2 is 1.57 bits per heavy atom. The van der Waals surface area contributed by atoms with Gasteiger partial charge in [0, 0.05) is 6.42 Å². The Balaban J connectivity index is 3.46. The summed E-state index contributed by atoms with van der Waals surface area (Å²) in [5.74, 6) is -0.726. The molecule has 0 aromatic rings. The molecule has 0 saturated heterocycles. The van der Waals surface area contributed by atoms with Crippen molar-refractivity contribution >= 4 is 5.97 Å². The number of carbonyl (C=O) groups is 1. The van der Waals surface area contributed by atoms with Gasteiger partial charge in [-0.3, -0.25) is 4.79 Å². The number of aliphatic hydroxyl groups excluding tert-OH is 1. The maximum atomic E-state index is 10.3. The molecule has 1 atom stereocenters. The molecular weight excluding hydrogens is 288 g/mol. The van der Waals surface area contributed by atoms with Gasteiger partial charge in [-0.05, 0) is 44.9 Å². The quantitative estimate of drug-likeness (QED) is 0.241. The van der Waals surface area contributed by atoms with Crippen LogP contribution in [0.1, 0.15) is 77.6 Å². The summed E-state index contributed by atoms with van der Waals surface area (Å²) in [7, 11) is 0. The zero-order valence-corrected chi connectivity index (χ0v) is 14.6. The highest BCUT2D eigenvalue weighted by Gasteiger charge is 1.97. The highest BCUT2D eigenvalue weighted by atomic mass is 16.4. The topological polar surface area (TPSA) is 57.5 Å². The lowest BCUT2D eigenvalue weighted by atomic mass is 10.1. The number of allylic oxidation sites excluding steroid dienone is 5. The van der Waals surface area contributed by atoms with Gasteiger partial charge >= 0.3 is 5.97 Å². The summed E-state index contributed by atoms with van der Waals surface area (Å²) in [5.41, 5.74) is 0. The summed E-state index contributed by atoms with van der Waals surface area (Å²) in [6.07, 6.45) is 22.4. The van der Waals surface area contributed by atoms with Gasteiger partial charge in [0.2, 0.25) is 0 Å². The normalized spacial score (nSPS) is 13.5. The predicted molar refractivity (Wildman–Crippen MR) is 97.5 cm³/mol. The predicted octanol–water partition coefficient (Wildman–Crippen LogP) is 5.41. The molecule has 0 heterocycles. The van der Waals surface area contributed by atoms with Crippen LogP contribution in [-0.4, -0.2) is 22.3 Å². The minimum Gasteiger partial charge on any atom is -0.481 e. The Morgan fingerprint density at radius 3 is 2.26 bits per heavy atom. The maximum Gasteiger partial charge on any atom is 0.303 e. The van der Waals surface area contributed by atoms with Crippen molar-refractivity contribution < 1.29 is 15.0 Å². The van der Waals surface area contributed by atoms with Gasteiger partial charge in [-0.15, -0.1) is 0 Å². The molecule has 132 valence electrons. The molecular formula is C20H34O3. The van der Waals surface area contributed by atoms with Crippen LogP contribution in [0.3, 0.4) is 0 Å². The molecule has 23 heavy (non-hydrogen) atoms. The van der Waals surface area contributed by atoms with Crippen molar-refractivity contribution in [3.63, 3.8) is 0 Å². The minimum atomic E-state index is -0.726. The molecule has 0 bridgehead atoms. The van der Waals surface area contributed by atoms with E-state index in [4.69, 9.17) is 5.11 Å². The molecule has 0 aliphatic heterocycles. The van der Waals surface area contributed by atoms with Crippen molar-refractivity contribution in [1.29, 1.82) is 0 Å². The zero-order valence-electron chi connectivity index (χ0n) is 14.6. The van der Waals surface area contributed by atoms with Crippen molar-refractivity contribution in [2.45, 2.75) is 83.7 Å². The molecule has 0 aromatic heterocycles. The first-order chi connectivity index (χ1) is 11.2. The van der Waals surface area contributed by atoms with Crippen molar-refractivity contribution in [3.05, 3.63) is 36.5 Å². The average Bonchev–Trinajstić information content (AvgIpc) is 2.52. The summed E-state index contributed by atoms with van der Waals surface area (Å²) in [5, 5.41) is 18.3. The van der Waals surface area contributed by atoms with Crippen LogP contribution in [0.25, 0.3) is 0 Å². The van der Waals surface area contributed by atoms with Crippen LogP contribution in [0.5, 0.6) is 0 Å². The van der Waals surface area contributed by atoms with Crippen molar-refractivity contribution in [2.75, 3.05) is 0 Å². The Bertz CT molecular complexity index is 356. The van der Waals surface area contributed by atoms with E-state index in [0.717, 1.165) is 38.5 Å². The second-order valence-electron chi connectivity index (χ2n) is 5.92. The minimum absolute atomic E-state index is 0.246. The number of aliphatic hydroxyl groups is 1. The van der Waals surface area contributed by atoms with Gasteiger partial charge in [-0.1, -0.05) is 62.6 Å². The number of rotatable bonds is 15. The maximum absolute atomic E-state index is 10.3. The molecule has 0 rings (SSSR count). The second kappa shape index (κ2) is 17.0. The fourth-order valence-electron chi connectivity index (χ4n) is 2.20. The van der Waals surface area contributed by atoms with Crippen molar-refractivity contribution in [3.8, 4) is 0 Å². The molecule has 3 nitrogen and oxygen atoms in total. The van der Waals surface area contributed by atoms with E-state index in [1.54, 1.807) is 0 Å². The van der Waals surface area contributed by atoms with E-state index in [2.05, 4.69) is 25.2 Å². The van der Waals surface area contributed by atoms with Gasteiger partial charge in [0.05, 0.1) is 6.10 Å². The highest BCUT2D eigenvalue weighted by molar-refractivity contribution is 5.66. The Kier molecular flexibility index (Phi) is 16.0. The van der Waals surface area contributed by atoms with Gasteiger partial charge in [0.1, 0.15) is 0 Å². The van der Waals surface area contributed by atoms with E-state index in [0.29, 0.717) is 6.42 Å². The van der Waals surface area contributed by atoms with Gasteiger partial charge in [-0.25, -0.2) is 0 Å². The molecule has 0 saturated carbocycles.